The highest BCUT2D eigenvalue weighted by atomic mass is 32.2. The SMILES string of the molecule is Cc1cc(/N=N/c2c(SOOO)cc3cc(S(=O)(=O)O)c(N)cc3c2O)c(OCC(O)CO)cc1/N=N/c1ccc(/N=N/c2cc(SOOO)c3cccnc3c2O)c(SOOO)c1. The molecular weight excluding hydrogens is 933 g/mol. The lowest BCUT2D eigenvalue weighted by atomic mass is 10.1. The fourth-order valence-corrected chi connectivity index (χ4v) is 7.61. The van der Waals surface area contributed by atoms with Crippen molar-refractivity contribution in [1.82, 2.24) is 4.98 Å². The van der Waals surface area contributed by atoms with Crippen molar-refractivity contribution < 1.29 is 82.0 Å². The van der Waals surface area contributed by atoms with E-state index in [1.165, 1.54) is 48.7 Å². The zero-order chi connectivity index (χ0) is 46.0. The minimum Gasteiger partial charge on any atom is -0.505 e. The predicted octanol–water partition coefficient (Wildman–Crippen LogP) is 9.20. The van der Waals surface area contributed by atoms with Crippen LogP contribution >= 0.6 is 36.1 Å². The Labute approximate surface area is 371 Å². The van der Waals surface area contributed by atoms with Crippen LogP contribution in [0.4, 0.5) is 39.8 Å². The molecule has 0 amide bonds. The number of aromatic nitrogens is 1. The zero-order valence-corrected chi connectivity index (χ0v) is 35.3. The van der Waals surface area contributed by atoms with Crippen LogP contribution in [0, 0.1) is 6.92 Å². The molecule has 1 heterocycles. The van der Waals surface area contributed by atoms with Crippen LogP contribution in [-0.4, -0.2) is 73.5 Å². The van der Waals surface area contributed by atoms with Crippen LogP contribution in [0.2, 0.25) is 0 Å². The number of aliphatic hydroxyl groups is 2. The summed E-state index contributed by atoms with van der Waals surface area (Å²) in [5, 5.41) is 105. The normalized spacial score (nSPS) is 12.7. The second-order valence-corrected chi connectivity index (χ2v) is 16.1. The summed E-state index contributed by atoms with van der Waals surface area (Å²) in [5.74, 6) is -0.923. The third-order valence-electron chi connectivity index (χ3n) is 8.39. The van der Waals surface area contributed by atoms with Gasteiger partial charge in [0.15, 0.2) is 11.5 Å². The minimum atomic E-state index is -4.76. The smallest absolute Gasteiger partial charge is 0.296 e. The fraction of sp³-hybridized carbons (Fsp3) is 0.114. The molecule has 5 aromatic carbocycles. The number of nitrogens with zero attached hydrogens (tertiary/aromatic N) is 7. The minimum absolute atomic E-state index is 0.00740. The molecule has 0 saturated carbocycles. The number of phenols is 2. The maximum Gasteiger partial charge on any atom is 0.296 e. The maximum atomic E-state index is 11.9. The summed E-state index contributed by atoms with van der Waals surface area (Å²) in [6, 6.07) is 15.3. The van der Waals surface area contributed by atoms with Crippen LogP contribution < -0.4 is 10.5 Å². The first kappa shape index (κ1) is 47.8. The molecule has 0 aliphatic rings. The number of aryl methyl sites for hydroxylation is 1. The third kappa shape index (κ3) is 11.5. The van der Waals surface area contributed by atoms with Gasteiger partial charge in [0.25, 0.3) is 10.1 Å². The average Bonchev–Trinajstić information content (AvgIpc) is 3.28. The van der Waals surface area contributed by atoms with Gasteiger partial charge in [0.1, 0.15) is 51.6 Å². The van der Waals surface area contributed by atoms with Gasteiger partial charge in [-0.2, -0.15) is 18.6 Å². The van der Waals surface area contributed by atoms with E-state index in [2.05, 4.69) is 63.8 Å². The summed E-state index contributed by atoms with van der Waals surface area (Å²) < 4.78 is 52.8. The first-order chi connectivity index (χ1) is 30.8. The molecule has 0 bridgehead atoms. The number of anilines is 1. The summed E-state index contributed by atoms with van der Waals surface area (Å²) in [5.41, 5.74) is 6.33. The number of nitrogen functional groups attached to an aromatic ring is 1. The van der Waals surface area contributed by atoms with E-state index >= 15 is 0 Å². The number of ether oxygens (including phenoxy) is 1. The molecule has 0 aliphatic carbocycles. The average molecular weight is 963 g/mol. The summed E-state index contributed by atoms with van der Waals surface area (Å²) in [7, 11) is -4.76. The van der Waals surface area contributed by atoms with Gasteiger partial charge in [-0.25, -0.2) is 15.8 Å². The number of azo groups is 3. The molecule has 6 rings (SSSR count). The number of hydrogen-bond acceptors (Lipinski definition) is 27. The number of aliphatic hydroxyl groups excluding tert-OH is 2. The molecule has 10 N–H and O–H groups in total. The number of benzene rings is 5. The van der Waals surface area contributed by atoms with Crippen LogP contribution in [0.25, 0.3) is 21.7 Å². The fourth-order valence-electron chi connectivity index (χ4n) is 5.50. The van der Waals surface area contributed by atoms with Crippen LogP contribution in [0.15, 0.2) is 123 Å². The van der Waals surface area contributed by atoms with E-state index < -0.39 is 40.1 Å². The van der Waals surface area contributed by atoms with E-state index in [0.717, 1.165) is 12.1 Å². The summed E-state index contributed by atoms with van der Waals surface area (Å²) in [6.07, 6.45) is 0.134. The first-order valence-corrected chi connectivity index (χ1v) is 21.0. The van der Waals surface area contributed by atoms with E-state index in [9.17, 15) is 33.4 Å². The molecule has 0 spiro atoms. The number of nitrogens with two attached hydrogens (primary N) is 1. The predicted molar refractivity (Wildman–Crippen MR) is 224 cm³/mol. The van der Waals surface area contributed by atoms with Crippen LogP contribution in [0.5, 0.6) is 17.2 Å². The van der Waals surface area contributed by atoms with Crippen molar-refractivity contribution in [3.63, 3.8) is 0 Å². The topological polar surface area (TPSA) is 374 Å². The second kappa shape index (κ2) is 21.8. The first-order valence-electron chi connectivity index (χ1n) is 17.3. The molecule has 6 aromatic rings. The Bertz CT molecular complexity index is 2880. The standard InChI is InChI=1S/C35H30N8O17S4/c1-16-7-25(41-43-33-30(63-60-57-50)8-17-9-31(64(51,52)53)22(36)11-21(17)34(33)46)27(54-15-19(45)14-44)12-24(16)40-38-18-4-5-23(29(10-18)62-59-56-49)39-42-26-13-28(61-58-55-48)20-3-2-6-37-32(20)35(26)47/h2-13,19,44-50H,14-15,36H2,1H3,(H,51,52,53)/b40-38+,42-39+,43-41+. The number of aromatic hydroxyl groups is 2. The quantitative estimate of drug-likeness (QED) is 0.00859. The van der Waals surface area contributed by atoms with E-state index in [-0.39, 0.29) is 77.4 Å². The molecule has 0 fully saturated rings. The van der Waals surface area contributed by atoms with Crippen molar-refractivity contribution in [2.75, 3.05) is 18.9 Å². The largest absolute Gasteiger partial charge is 0.505 e. The lowest BCUT2D eigenvalue weighted by Crippen LogP contribution is -2.21. The monoisotopic (exact) mass is 962 g/mol. The van der Waals surface area contributed by atoms with Crippen molar-refractivity contribution in [2.24, 2.45) is 30.7 Å². The molecule has 1 aromatic heterocycles. The lowest BCUT2D eigenvalue weighted by Gasteiger charge is -2.14. The Hall–Kier alpha value is -5.71. The van der Waals surface area contributed by atoms with Gasteiger partial charge in [-0.1, -0.05) is 15.1 Å². The van der Waals surface area contributed by atoms with Crippen molar-refractivity contribution in [2.45, 2.75) is 32.6 Å². The highest BCUT2D eigenvalue weighted by molar-refractivity contribution is 7.95. The Morgan fingerprint density at radius 1 is 0.734 bits per heavy atom. The van der Waals surface area contributed by atoms with E-state index in [1.807, 2.05) is 0 Å². The molecule has 336 valence electrons. The number of hydrogen-bond donors (Lipinski definition) is 9. The molecule has 0 radical (unpaired) electrons. The van der Waals surface area contributed by atoms with Gasteiger partial charge in [-0.05, 0) is 78.5 Å². The number of phenolic OH excluding ortho intramolecular Hbond substituents is 2. The molecule has 25 nitrogen and oxygen atoms in total. The number of rotatable bonds is 20. The molecule has 0 saturated heterocycles. The lowest BCUT2D eigenvalue weighted by molar-refractivity contribution is -0.432. The Morgan fingerprint density at radius 3 is 2.11 bits per heavy atom. The van der Waals surface area contributed by atoms with Crippen LogP contribution in [0.1, 0.15) is 5.56 Å². The molecule has 1 unspecified atom stereocenters. The number of pyridine rings is 1. The van der Waals surface area contributed by atoms with Gasteiger partial charge in [-0.15, -0.1) is 33.5 Å². The molecule has 1 atom stereocenters. The van der Waals surface area contributed by atoms with Gasteiger partial charge in [0.2, 0.25) is 0 Å². The van der Waals surface area contributed by atoms with Gasteiger partial charge < -0.3 is 30.9 Å². The Morgan fingerprint density at radius 2 is 1.41 bits per heavy atom. The Balaban J connectivity index is 1.34. The second-order valence-electron chi connectivity index (χ2n) is 12.5. The summed E-state index contributed by atoms with van der Waals surface area (Å²) in [6.45, 7) is 0.575. The highest BCUT2D eigenvalue weighted by Crippen LogP contribution is 2.47. The molecule has 0 aliphatic heterocycles. The van der Waals surface area contributed by atoms with E-state index in [1.54, 1.807) is 19.1 Å². The van der Waals surface area contributed by atoms with Crippen LogP contribution in [-0.2, 0) is 38.2 Å². The third-order valence-corrected chi connectivity index (χ3v) is 11.2. The number of fused-ring (bicyclic) bond motifs is 2. The maximum absolute atomic E-state index is 11.9. The van der Waals surface area contributed by atoms with Crippen LogP contribution in [0.3, 0.4) is 0 Å². The van der Waals surface area contributed by atoms with E-state index in [4.69, 9.17) is 26.2 Å². The van der Waals surface area contributed by atoms with Crippen molar-refractivity contribution in [1.29, 1.82) is 0 Å². The summed E-state index contributed by atoms with van der Waals surface area (Å²) in [4.78, 5) is 4.03. The van der Waals surface area contributed by atoms with Crippen molar-refractivity contribution in [3.8, 4) is 17.2 Å². The highest BCUT2D eigenvalue weighted by Gasteiger charge is 2.22. The van der Waals surface area contributed by atoms with Gasteiger partial charge in [-0.3, -0.25) is 9.54 Å². The van der Waals surface area contributed by atoms with Gasteiger partial charge in [0, 0.05) is 23.0 Å². The molecule has 29 heteroatoms. The van der Waals surface area contributed by atoms with E-state index in [0.29, 0.717) is 52.0 Å². The zero-order valence-electron chi connectivity index (χ0n) is 32.0. The molecule has 64 heavy (non-hydrogen) atoms. The van der Waals surface area contributed by atoms with Gasteiger partial charge in [0.05, 0.1) is 74.5 Å². The van der Waals surface area contributed by atoms with Crippen molar-refractivity contribution in [3.05, 3.63) is 78.5 Å². The molecular formula is C35H30N8O17S4. The summed E-state index contributed by atoms with van der Waals surface area (Å²) >= 11 is 1.50. The van der Waals surface area contributed by atoms with Crippen molar-refractivity contribution >= 4 is 108 Å². The Kier molecular flexibility index (Phi) is 16.3. The van der Waals surface area contributed by atoms with Gasteiger partial charge >= 0.3 is 0 Å².